The predicted octanol–water partition coefficient (Wildman–Crippen LogP) is 3.88. The molecule has 0 amide bonds. The highest BCUT2D eigenvalue weighted by Gasteiger charge is 2.35. The third kappa shape index (κ3) is 2.52. The van der Waals surface area contributed by atoms with Gasteiger partial charge in [0.05, 0.1) is 22.3 Å². The lowest BCUT2D eigenvalue weighted by Crippen LogP contribution is -2.24. The Labute approximate surface area is 125 Å². The van der Waals surface area contributed by atoms with Crippen LogP contribution in [0, 0.1) is 0 Å². The van der Waals surface area contributed by atoms with Gasteiger partial charge in [0, 0.05) is 7.05 Å². The molecule has 116 valence electrons. The molecule has 2 aromatic rings. The maximum Gasteiger partial charge on any atom is 0.418 e. The van der Waals surface area contributed by atoms with Crippen molar-refractivity contribution in [2.45, 2.75) is 13.1 Å². The Balaban J connectivity index is 2.98. The van der Waals surface area contributed by atoms with Crippen LogP contribution in [0.3, 0.4) is 0 Å². The average Bonchev–Trinajstić information content (AvgIpc) is 2.70. The van der Waals surface area contributed by atoms with Crippen LogP contribution in [0.15, 0.2) is 59.4 Å². The lowest BCUT2D eigenvalue weighted by Gasteiger charge is -2.13. The molecule has 0 unspecified atom stereocenters. The van der Waals surface area contributed by atoms with Gasteiger partial charge in [0.15, 0.2) is 0 Å². The monoisotopic (exact) mass is 308 g/mol. The zero-order valence-electron chi connectivity index (χ0n) is 12.2. The van der Waals surface area contributed by atoms with Gasteiger partial charge in [-0.3, -0.25) is 9.13 Å². The van der Waals surface area contributed by atoms with Crippen molar-refractivity contribution < 1.29 is 13.2 Å². The zero-order chi connectivity index (χ0) is 16.5. The van der Waals surface area contributed by atoms with Crippen LogP contribution >= 0.6 is 0 Å². The van der Waals surface area contributed by atoms with E-state index in [1.165, 1.54) is 23.8 Å². The molecule has 22 heavy (non-hydrogen) atoms. The Morgan fingerprint density at radius 1 is 1.23 bits per heavy atom. The zero-order valence-corrected chi connectivity index (χ0v) is 12.2. The predicted molar refractivity (Wildman–Crippen MR) is 81.5 cm³/mol. The quantitative estimate of drug-likeness (QED) is 0.791. The summed E-state index contributed by atoms with van der Waals surface area (Å²) >= 11 is 0. The Kier molecular flexibility index (Phi) is 4.12. The molecule has 0 saturated carbocycles. The van der Waals surface area contributed by atoms with Crippen molar-refractivity contribution in [2.24, 2.45) is 7.05 Å². The first-order chi connectivity index (χ1) is 10.3. The van der Waals surface area contributed by atoms with Crippen molar-refractivity contribution in [3.8, 4) is 0 Å². The summed E-state index contributed by atoms with van der Waals surface area (Å²) in [6, 6.07) is 6.69. The lowest BCUT2D eigenvalue weighted by molar-refractivity contribution is -0.0877. The first-order valence-corrected chi connectivity index (χ1v) is 6.56. The van der Waals surface area contributed by atoms with Gasteiger partial charge < -0.3 is 0 Å². The molecule has 2 rings (SSSR count). The Bertz CT molecular complexity index is 835. The number of halogens is 3. The molecule has 0 saturated heterocycles. The molecule has 0 bridgehead atoms. The van der Waals surface area contributed by atoms with Crippen molar-refractivity contribution in [3.63, 3.8) is 0 Å². The molecule has 1 heterocycles. The van der Waals surface area contributed by atoms with Gasteiger partial charge in [-0.1, -0.05) is 30.9 Å². The van der Waals surface area contributed by atoms with E-state index in [1.807, 2.05) is 0 Å². The summed E-state index contributed by atoms with van der Waals surface area (Å²) in [6.07, 6.45) is -1.16. The summed E-state index contributed by atoms with van der Waals surface area (Å²) in [6.45, 7) is 4.83. The van der Waals surface area contributed by atoms with Gasteiger partial charge in [-0.2, -0.15) is 13.2 Å². The minimum absolute atomic E-state index is 0.244. The van der Waals surface area contributed by atoms with Crippen molar-refractivity contribution in [1.29, 1.82) is 0 Å². The SMILES string of the molecule is C=C/C(=C(\C=C/C)n1c(=O)n(C)c2ccccc21)C(F)(F)F. The Morgan fingerprint density at radius 3 is 2.32 bits per heavy atom. The molecular formula is C16H15F3N2O. The topological polar surface area (TPSA) is 26.9 Å². The van der Waals surface area contributed by atoms with E-state index in [0.29, 0.717) is 11.0 Å². The van der Waals surface area contributed by atoms with E-state index >= 15 is 0 Å². The second-order valence-corrected chi connectivity index (χ2v) is 4.67. The van der Waals surface area contributed by atoms with E-state index in [2.05, 4.69) is 6.58 Å². The summed E-state index contributed by atoms with van der Waals surface area (Å²) in [7, 11) is 1.52. The molecule has 0 aliphatic heterocycles. The highest BCUT2D eigenvalue weighted by molar-refractivity contribution is 5.82. The maximum atomic E-state index is 13.2. The maximum absolute atomic E-state index is 13.2. The number of imidazole rings is 1. The fourth-order valence-electron chi connectivity index (χ4n) is 2.33. The first-order valence-electron chi connectivity index (χ1n) is 6.56. The van der Waals surface area contributed by atoms with Crippen LogP contribution in [0.2, 0.25) is 0 Å². The number of hydrogen-bond acceptors (Lipinski definition) is 1. The molecule has 0 fully saturated rings. The number of nitrogens with zero attached hydrogens (tertiary/aromatic N) is 2. The van der Waals surface area contributed by atoms with Gasteiger partial charge in [-0.25, -0.2) is 4.79 Å². The van der Waals surface area contributed by atoms with Crippen LogP contribution in [0.4, 0.5) is 13.2 Å². The molecular weight excluding hydrogens is 293 g/mol. The second-order valence-electron chi connectivity index (χ2n) is 4.67. The normalized spacial score (nSPS) is 13.7. The molecule has 1 aromatic heterocycles. The number of aryl methyl sites for hydroxylation is 1. The standard InChI is InChI=1S/C16H15F3N2O/c1-4-8-12(11(5-2)16(17,18)19)21-14-10-7-6-9-13(14)20(3)15(21)22/h4-10H,2H2,1,3H3/b8-4-,12-11-. The van der Waals surface area contributed by atoms with Crippen LogP contribution in [0.25, 0.3) is 16.7 Å². The third-order valence-electron chi connectivity index (χ3n) is 3.31. The van der Waals surface area contributed by atoms with Crippen LogP contribution < -0.4 is 5.69 Å². The van der Waals surface area contributed by atoms with E-state index in [1.54, 1.807) is 31.2 Å². The minimum Gasteiger partial charge on any atom is -0.295 e. The summed E-state index contributed by atoms with van der Waals surface area (Å²) in [5, 5.41) is 0. The van der Waals surface area contributed by atoms with E-state index in [-0.39, 0.29) is 5.70 Å². The van der Waals surface area contributed by atoms with Gasteiger partial charge in [0.2, 0.25) is 0 Å². The molecule has 0 N–H and O–H groups in total. The fourth-order valence-corrected chi connectivity index (χ4v) is 2.33. The third-order valence-corrected chi connectivity index (χ3v) is 3.31. The summed E-state index contributed by atoms with van der Waals surface area (Å²) in [5.41, 5.74) is -0.777. The van der Waals surface area contributed by atoms with E-state index in [0.717, 1.165) is 10.6 Å². The smallest absolute Gasteiger partial charge is 0.295 e. The van der Waals surface area contributed by atoms with Gasteiger partial charge in [0.1, 0.15) is 0 Å². The summed E-state index contributed by atoms with van der Waals surface area (Å²) in [5.74, 6) is 0. The average molecular weight is 308 g/mol. The van der Waals surface area contributed by atoms with Gasteiger partial charge in [-0.05, 0) is 25.1 Å². The largest absolute Gasteiger partial charge is 0.418 e. The number of hydrogen-bond donors (Lipinski definition) is 0. The van der Waals surface area contributed by atoms with Gasteiger partial charge in [-0.15, -0.1) is 0 Å². The summed E-state index contributed by atoms with van der Waals surface area (Å²) in [4.78, 5) is 12.4. The number of rotatable bonds is 3. The van der Waals surface area contributed by atoms with E-state index < -0.39 is 17.4 Å². The first kappa shape index (κ1) is 15.9. The molecule has 3 nitrogen and oxygen atoms in total. The fraction of sp³-hybridized carbons (Fsp3) is 0.188. The van der Waals surface area contributed by atoms with E-state index in [4.69, 9.17) is 0 Å². The van der Waals surface area contributed by atoms with Crippen LogP contribution in [-0.2, 0) is 7.05 Å². The van der Waals surface area contributed by atoms with Gasteiger partial charge >= 0.3 is 11.9 Å². The van der Waals surface area contributed by atoms with Gasteiger partial charge in [0.25, 0.3) is 0 Å². The van der Waals surface area contributed by atoms with Crippen LogP contribution in [0.1, 0.15) is 6.92 Å². The van der Waals surface area contributed by atoms with Crippen molar-refractivity contribution >= 4 is 16.7 Å². The van der Waals surface area contributed by atoms with E-state index in [9.17, 15) is 18.0 Å². The lowest BCUT2D eigenvalue weighted by atomic mass is 10.1. The van der Waals surface area contributed by atoms with Crippen LogP contribution in [0.5, 0.6) is 0 Å². The number of alkyl halides is 3. The molecule has 6 heteroatoms. The molecule has 1 aromatic carbocycles. The highest BCUT2D eigenvalue weighted by atomic mass is 19.4. The molecule has 0 spiro atoms. The Morgan fingerprint density at radius 2 is 1.82 bits per heavy atom. The molecule has 0 radical (unpaired) electrons. The number of fused-ring (bicyclic) bond motifs is 1. The van der Waals surface area contributed by atoms with Crippen molar-refractivity contribution in [3.05, 3.63) is 65.1 Å². The number of allylic oxidation sites excluding steroid dienone is 5. The molecule has 0 atom stereocenters. The molecule has 0 aliphatic carbocycles. The molecule has 0 aliphatic rings. The number of benzene rings is 1. The second kappa shape index (κ2) is 5.71. The number of aromatic nitrogens is 2. The highest BCUT2D eigenvalue weighted by Crippen LogP contribution is 2.32. The van der Waals surface area contributed by atoms with Crippen molar-refractivity contribution in [1.82, 2.24) is 9.13 Å². The van der Waals surface area contributed by atoms with Crippen molar-refractivity contribution in [2.75, 3.05) is 0 Å². The van der Waals surface area contributed by atoms with Crippen LogP contribution in [-0.4, -0.2) is 15.3 Å². The Hall–Kier alpha value is -2.50. The minimum atomic E-state index is -4.60. The number of para-hydroxylation sites is 2. The summed E-state index contributed by atoms with van der Waals surface area (Å²) < 4.78 is 42.1.